The fourth-order valence-corrected chi connectivity index (χ4v) is 3.92. The molecule has 0 radical (unpaired) electrons. The third-order valence-corrected chi connectivity index (χ3v) is 5.21. The van der Waals surface area contributed by atoms with E-state index >= 15 is 0 Å². The van der Waals surface area contributed by atoms with E-state index in [0.29, 0.717) is 18.4 Å². The minimum atomic E-state index is 0.444. The summed E-state index contributed by atoms with van der Waals surface area (Å²) in [6, 6.07) is 1.83. The highest BCUT2D eigenvalue weighted by molar-refractivity contribution is 7.11. The number of thiazole rings is 1. The van der Waals surface area contributed by atoms with Gasteiger partial charge in [0.25, 0.3) is 0 Å². The Morgan fingerprint density at radius 1 is 1.24 bits per heavy atom. The number of aliphatic imine (C=N–C) groups is 1. The van der Waals surface area contributed by atoms with Crippen molar-refractivity contribution in [3.05, 3.63) is 34.0 Å². The van der Waals surface area contributed by atoms with Crippen LogP contribution < -0.4 is 10.6 Å². The summed E-state index contributed by atoms with van der Waals surface area (Å²) in [6.45, 7) is 10.3. The summed E-state index contributed by atoms with van der Waals surface area (Å²) in [5.74, 6) is 1.81. The Kier molecular flexibility index (Phi) is 5.47. The summed E-state index contributed by atoms with van der Waals surface area (Å²) >= 11 is 1.71. The van der Waals surface area contributed by atoms with Gasteiger partial charge in [-0.15, -0.1) is 11.3 Å². The molecule has 0 spiro atoms. The Labute approximate surface area is 152 Å². The Hall–Kier alpha value is -2.22. The first-order valence-electron chi connectivity index (χ1n) is 8.57. The number of guanidine groups is 1. The summed E-state index contributed by atoms with van der Waals surface area (Å²) in [6.07, 6.45) is 3.54. The standard InChI is InChI=1S/C17H25N7S/c1-12(2)15-13(3)25-14(22-15)11-21-16(18)23-7-9-24(10-8-23)17-19-5-4-6-20-17/h4-6,12H,7-11H2,1-3H3,(H2,18,21). The molecule has 0 saturated carbocycles. The molecule has 7 nitrogen and oxygen atoms in total. The number of rotatable bonds is 4. The zero-order chi connectivity index (χ0) is 17.8. The number of nitrogens with two attached hydrogens (primary N) is 1. The fraction of sp³-hybridized carbons (Fsp3) is 0.529. The van der Waals surface area contributed by atoms with E-state index in [1.807, 2.05) is 6.07 Å². The predicted octanol–water partition coefficient (Wildman–Crippen LogP) is 2.00. The maximum absolute atomic E-state index is 6.19. The molecule has 2 aromatic rings. The van der Waals surface area contributed by atoms with Crippen LogP contribution in [-0.4, -0.2) is 52.0 Å². The lowest BCUT2D eigenvalue weighted by Gasteiger charge is -2.35. The maximum Gasteiger partial charge on any atom is 0.225 e. The summed E-state index contributed by atoms with van der Waals surface area (Å²) < 4.78 is 0. The van der Waals surface area contributed by atoms with Crippen molar-refractivity contribution in [3.63, 3.8) is 0 Å². The average Bonchev–Trinajstić information content (AvgIpc) is 3.01. The van der Waals surface area contributed by atoms with Gasteiger partial charge in [0.1, 0.15) is 5.01 Å². The van der Waals surface area contributed by atoms with E-state index in [4.69, 9.17) is 10.7 Å². The summed E-state index contributed by atoms with van der Waals surface area (Å²) in [5.41, 5.74) is 7.36. The average molecular weight is 360 g/mol. The van der Waals surface area contributed by atoms with E-state index in [9.17, 15) is 0 Å². The van der Waals surface area contributed by atoms with Gasteiger partial charge < -0.3 is 15.5 Å². The second kappa shape index (κ2) is 7.77. The molecule has 8 heteroatoms. The summed E-state index contributed by atoms with van der Waals surface area (Å²) in [5, 5.41) is 1.03. The minimum Gasteiger partial charge on any atom is -0.370 e. The van der Waals surface area contributed by atoms with Gasteiger partial charge in [0.2, 0.25) is 5.95 Å². The lowest BCUT2D eigenvalue weighted by atomic mass is 10.1. The molecule has 2 N–H and O–H groups in total. The molecule has 0 aliphatic carbocycles. The third-order valence-electron chi connectivity index (χ3n) is 4.24. The van der Waals surface area contributed by atoms with Crippen molar-refractivity contribution < 1.29 is 0 Å². The highest BCUT2D eigenvalue weighted by Gasteiger charge is 2.20. The van der Waals surface area contributed by atoms with E-state index in [1.165, 1.54) is 10.6 Å². The van der Waals surface area contributed by atoms with Gasteiger partial charge in [0.15, 0.2) is 5.96 Å². The molecule has 25 heavy (non-hydrogen) atoms. The first-order valence-corrected chi connectivity index (χ1v) is 9.39. The van der Waals surface area contributed by atoms with Crippen molar-refractivity contribution in [1.82, 2.24) is 19.9 Å². The number of aryl methyl sites for hydroxylation is 1. The molecule has 1 aliphatic rings. The first-order chi connectivity index (χ1) is 12.0. The highest BCUT2D eigenvalue weighted by Crippen LogP contribution is 2.24. The molecule has 0 bridgehead atoms. The van der Waals surface area contributed by atoms with Crippen molar-refractivity contribution >= 4 is 23.2 Å². The van der Waals surface area contributed by atoms with Crippen molar-refractivity contribution in [2.75, 3.05) is 31.1 Å². The molecular formula is C17H25N7S. The molecule has 1 fully saturated rings. The van der Waals surface area contributed by atoms with Crippen molar-refractivity contribution in [2.45, 2.75) is 33.2 Å². The Balaban J connectivity index is 1.56. The second-order valence-corrected chi connectivity index (χ2v) is 7.69. The van der Waals surface area contributed by atoms with Crippen molar-refractivity contribution in [2.24, 2.45) is 10.7 Å². The molecule has 2 aromatic heterocycles. The van der Waals surface area contributed by atoms with Gasteiger partial charge in [-0.1, -0.05) is 13.8 Å². The van der Waals surface area contributed by atoms with Crippen LogP contribution in [0.25, 0.3) is 0 Å². The number of anilines is 1. The maximum atomic E-state index is 6.19. The summed E-state index contributed by atoms with van der Waals surface area (Å²) in [4.78, 5) is 23.4. The van der Waals surface area contributed by atoms with E-state index in [2.05, 4.69) is 45.5 Å². The molecule has 0 atom stereocenters. The predicted molar refractivity (Wildman–Crippen MR) is 102 cm³/mol. The fourth-order valence-electron chi connectivity index (χ4n) is 2.91. The molecule has 1 aliphatic heterocycles. The van der Waals surface area contributed by atoms with Crippen LogP contribution in [-0.2, 0) is 6.54 Å². The molecule has 1 saturated heterocycles. The van der Waals surface area contributed by atoms with Gasteiger partial charge in [-0.25, -0.2) is 19.9 Å². The molecular weight excluding hydrogens is 334 g/mol. The Morgan fingerprint density at radius 3 is 2.52 bits per heavy atom. The number of piperazine rings is 1. The minimum absolute atomic E-state index is 0.444. The van der Waals surface area contributed by atoms with Crippen LogP contribution in [0, 0.1) is 6.92 Å². The number of hydrogen-bond acceptors (Lipinski definition) is 6. The third kappa shape index (κ3) is 4.25. The lowest BCUT2D eigenvalue weighted by Crippen LogP contribution is -2.51. The highest BCUT2D eigenvalue weighted by atomic mass is 32.1. The van der Waals surface area contributed by atoms with Crippen LogP contribution in [0.4, 0.5) is 5.95 Å². The van der Waals surface area contributed by atoms with Crippen molar-refractivity contribution in [3.8, 4) is 0 Å². The summed E-state index contributed by atoms with van der Waals surface area (Å²) in [7, 11) is 0. The largest absolute Gasteiger partial charge is 0.370 e. The monoisotopic (exact) mass is 359 g/mol. The molecule has 3 heterocycles. The van der Waals surface area contributed by atoms with E-state index in [1.54, 1.807) is 23.7 Å². The number of nitrogens with zero attached hydrogens (tertiary/aromatic N) is 6. The van der Waals surface area contributed by atoms with E-state index < -0.39 is 0 Å². The molecule has 0 unspecified atom stereocenters. The topological polar surface area (TPSA) is 83.5 Å². The Bertz CT molecular complexity index is 718. The van der Waals surface area contributed by atoms with Gasteiger partial charge in [-0.3, -0.25) is 0 Å². The van der Waals surface area contributed by atoms with Gasteiger partial charge >= 0.3 is 0 Å². The quantitative estimate of drug-likeness (QED) is 0.664. The molecule has 3 rings (SSSR count). The molecule has 0 amide bonds. The van der Waals surface area contributed by atoms with Crippen LogP contribution in [0.3, 0.4) is 0 Å². The molecule has 0 aromatic carbocycles. The van der Waals surface area contributed by atoms with Crippen LogP contribution in [0.2, 0.25) is 0 Å². The van der Waals surface area contributed by atoms with Crippen LogP contribution in [0.1, 0.15) is 35.3 Å². The lowest BCUT2D eigenvalue weighted by molar-refractivity contribution is 0.378. The first kappa shape index (κ1) is 17.6. The zero-order valence-electron chi connectivity index (χ0n) is 15.0. The van der Waals surface area contributed by atoms with E-state index in [0.717, 1.165) is 37.1 Å². The van der Waals surface area contributed by atoms with Gasteiger partial charge in [0, 0.05) is 43.4 Å². The second-order valence-electron chi connectivity index (χ2n) is 6.40. The molecule has 134 valence electrons. The van der Waals surface area contributed by atoms with Gasteiger partial charge in [-0.2, -0.15) is 0 Å². The Morgan fingerprint density at radius 2 is 1.92 bits per heavy atom. The smallest absolute Gasteiger partial charge is 0.225 e. The van der Waals surface area contributed by atoms with E-state index in [-0.39, 0.29) is 0 Å². The van der Waals surface area contributed by atoms with Gasteiger partial charge in [-0.05, 0) is 18.9 Å². The SMILES string of the molecule is Cc1sc(CN=C(N)N2CCN(c3ncccn3)CC2)nc1C(C)C. The number of hydrogen-bond donors (Lipinski definition) is 1. The zero-order valence-corrected chi connectivity index (χ0v) is 15.8. The van der Waals surface area contributed by atoms with Crippen molar-refractivity contribution in [1.29, 1.82) is 0 Å². The number of aromatic nitrogens is 3. The normalized spacial score (nSPS) is 15.9. The van der Waals surface area contributed by atoms with Crippen LogP contribution in [0.5, 0.6) is 0 Å². The van der Waals surface area contributed by atoms with Crippen LogP contribution >= 0.6 is 11.3 Å². The van der Waals surface area contributed by atoms with Crippen LogP contribution in [0.15, 0.2) is 23.5 Å². The van der Waals surface area contributed by atoms with Gasteiger partial charge in [0.05, 0.1) is 12.2 Å².